The zero-order chi connectivity index (χ0) is 16.1. The normalized spacial score (nSPS) is 10.9. The number of thiophene rings is 1. The van der Waals surface area contributed by atoms with Crippen LogP contribution in [0.3, 0.4) is 0 Å². The molecule has 0 aliphatic heterocycles. The van der Waals surface area contributed by atoms with E-state index >= 15 is 0 Å². The van der Waals surface area contributed by atoms with Crippen LogP contribution < -0.4 is 0 Å². The highest BCUT2D eigenvalue weighted by Gasteiger charge is 2.13. The van der Waals surface area contributed by atoms with Gasteiger partial charge in [0.2, 0.25) is 5.78 Å². The topological polar surface area (TPSA) is 43.4 Å². The predicted octanol–water partition coefficient (Wildman–Crippen LogP) is 4.46. The molecule has 5 heteroatoms. The lowest BCUT2D eigenvalue weighted by atomic mass is 10.2. The molecule has 1 heterocycles. The van der Waals surface area contributed by atoms with Crippen molar-refractivity contribution < 1.29 is 14.3 Å². The summed E-state index contributed by atoms with van der Waals surface area (Å²) < 4.78 is 4.97. The second-order valence-corrected chi connectivity index (χ2v) is 6.64. The number of rotatable bonds is 5. The smallest absolute Gasteiger partial charge is 0.331 e. The second kappa shape index (κ2) is 7.38. The van der Waals surface area contributed by atoms with Crippen LogP contribution in [0.15, 0.2) is 36.4 Å². The van der Waals surface area contributed by atoms with Crippen molar-refractivity contribution in [1.82, 2.24) is 0 Å². The van der Waals surface area contributed by atoms with Crippen LogP contribution in [0.4, 0.5) is 0 Å². The van der Waals surface area contributed by atoms with Crippen molar-refractivity contribution in [3.05, 3.63) is 62.3 Å². The number of carbonyl (C=O) groups is 2. The molecule has 0 saturated carbocycles. The van der Waals surface area contributed by atoms with E-state index in [-0.39, 0.29) is 12.4 Å². The van der Waals surface area contributed by atoms with E-state index in [1.165, 1.54) is 6.08 Å². The first-order valence-electron chi connectivity index (χ1n) is 6.66. The quantitative estimate of drug-likeness (QED) is 0.460. The van der Waals surface area contributed by atoms with Crippen molar-refractivity contribution in [2.24, 2.45) is 0 Å². The minimum absolute atomic E-state index is 0.185. The summed E-state index contributed by atoms with van der Waals surface area (Å²) in [5.74, 6) is -0.733. The number of ether oxygens (including phenoxy) is 1. The van der Waals surface area contributed by atoms with E-state index < -0.39 is 5.97 Å². The molecule has 0 amide bonds. The zero-order valence-corrected chi connectivity index (χ0v) is 13.8. The lowest BCUT2D eigenvalue weighted by Gasteiger charge is -2.01. The molecule has 0 spiro atoms. The van der Waals surface area contributed by atoms with E-state index in [0.717, 1.165) is 15.3 Å². The first kappa shape index (κ1) is 16.5. The molecule has 22 heavy (non-hydrogen) atoms. The Kier molecular flexibility index (Phi) is 5.52. The third-order valence-electron chi connectivity index (χ3n) is 2.97. The van der Waals surface area contributed by atoms with Crippen LogP contribution in [0.25, 0.3) is 6.08 Å². The van der Waals surface area contributed by atoms with E-state index in [4.69, 9.17) is 16.3 Å². The van der Waals surface area contributed by atoms with Crippen LogP contribution in [-0.2, 0) is 9.53 Å². The fourth-order valence-electron chi connectivity index (χ4n) is 1.91. The van der Waals surface area contributed by atoms with Gasteiger partial charge >= 0.3 is 5.97 Å². The first-order chi connectivity index (χ1) is 10.5. The molecule has 114 valence electrons. The van der Waals surface area contributed by atoms with E-state index in [2.05, 4.69) is 0 Å². The van der Waals surface area contributed by atoms with Crippen molar-refractivity contribution in [3.63, 3.8) is 0 Å². The summed E-state index contributed by atoms with van der Waals surface area (Å²) in [5, 5.41) is 0.631. The molecule has 0 aliphatic rings. The van der Waals surface area contributed by atoms with Gasteiger partial charge in [0, 0.05) is 26.4 Å². The largest absolute Gasteiger partial charge is 0.454 e. The Morgan fingerprint density at radius 3 is 2.50 bits per heavy atom. The van der Waals surface area contributed by atoms with Crippen LogP contribution in [0.5, 0.6) is 0 Å². The summed E-state index contributed by atoms with van der Waals surface area (Å²) >= 11 is 7.33. The molecule has 0 unspecified atom stereocenters. The molecule has 1 aromatic carbocycles. The highest BCUT2D eigenvalue weighted by molar-refractivity contribution is 7.12. The Labute approximate surface area is 138 Å². The average Bonchev–Trinajstić information content (AvgIpc) is 2.83. The third-order valence-corrected chi connectivity index (χ3v) is 4.19. The highest BCUT2D eigenvalue weighted by atomic mass is 35.5. The monoisotopic (exact) mass is 334 g/mol. The summed E-state index contributed by atoms with van der Waals surface area (Å²) in [6, 6.07) is 8.86. The number of carbonyl (C=O) groups excluding carboxylic acids is 2. The molecule has 0 aliphatic carbocycles. The minimum Gasteiger partial charge on any atom is -0.454 e. The third kappa shape index (κ3) is 4.55. The lowest BCUT2D eigenvalue weighted by Crippen LogP contribution is -2.12. The summed E-state index contributed by atoms with van der Waals surface area (Å²) in [6.45, 7) is 3.57. The van der Waals surface area contributed by atoms with Crippen LogP contribution in [0.2, 0.25) is 5.02 Å². The summed E-state index contributed by atoms with van der Waals surface area (Å²) in [5.41, 5.74) is 1.45. The molecule has 0 atom stereocenters. The van der Waals surface area contributed by atoms with Crippen LogP contribution in [0, 0.1) is 13.8 Å². The van der Waals surface area contributed by atoms with Crippen LogP contribution >= 0.6 is 22.9 Å². The molecule has 2 rings (SSSR count). The van der Waals surface area contributed by atoms with Crippen molar-refractivity contribution in [3.8, 4) is 0 Å². The van der Waals surface area contributed by atoms with Gasteiger partial charge in [0.1, 0.15) is 0 Å². The van der Waals surface area contributed by atoms with Crippen molar-refractivity contribution in [2.75, 3.05) is 6.61 Å². The van der Waals surface area contributed by atoms with E-state index in [1.54, 1.807) is 41.7 Å². The van der Waals surface area contributed by atoms with Gasteiger partial charge in [-0.25, -0.2) is 4.79 Å². The maximum Gasteiger partial charge on any atom is 0.331 e. The number of aryl methyl sites for hydroxylation is 2. The van der Waals surface area contributed by atoms with Gasteiger partial charge in [-0.05, 0) is 43.7 Å². The van der Waals surface area contributed by atoms with Crippen LogP contribution in [0.1, 0.15) is 25.7 Å². The van der Waals surface area contributed by atoms with Gasteiger partial charge < -0.3 is 4.74 Å². The van der Waals surface area contributed by atoms with Gasteiger partial charge in [-0.3, -0.25) is 4.79 Å². The molecule has 3 nitrogen and oxygen atoms in total. The predicted molar refractivity (Wildman–Crippen MR) is 89.6 cm³/mol. The molecule has 0 N–H and O–H groups in total. The van der Waals surface area contributed by atoms with Gasteiger partial charge in [-0.15, -0.1) is 11.3 Å². The Morgan fingerprint density at radius 1 is 1.23 bits per heavy atom. The maximum atomic E-state index is 12.0. The van der Waals surface area contributed by atoms with Gasteiger partial charge in [-0.2, -0.15) is 0 Å². The summed E-state index contributed by atoms with van der Waals surface area (Å²) in [4.78, 5) is 25.6. The van der Waals surface area contributed by atoms with Crippen molar-refractivity contribution in [2.45, 2.75) is 13.8 Å². The van der Waals surface area contributed by atoms with E-state index in [1.807, 2.05) is 19.9 Å². The zero-order valence-electron chi connectivity index (χ0n) is 12.3. The SMILES string of the molecule is Cc1cc(C(=O)COC(=O)/C=C/c2ccc(Cl)cc2)c(C)s1. The molecular formula is C17H15ClO3S. The number of Topliss-reactive ketones (excluding diaryl/α,β-unsaturated/α-hetero) is 1. The molecule has 0 radical (unpaired) electrons. The lowest BCUT2D eigenvalue weighted by molar-refractivity contribution is -0.136. The molecule has 0 fully saturated rings. The number of hydrogen-bond donors (Lipinski definition) is 0. The Balaban J connectivity index is 1.88. The number of ketones is 1. The number of halogens is 1. The van der Waals surface area contributed by atoms with E-state index in [0.29, 0.717) is 10.6 Å². The average molecular weight is 335 g/mol. The standard InChI is InChI=1S/C17H15ClO3S/c1-11-9-15(12(2)22-11)16(19)10-21-17(20)8-5-13-3-6-14(18)7-4-13/h3-9H,10H2,1-2H3/b8-5+. The van der Waals surface area contributed by atoms with Gasteiger partial charge in [0.15, 0.2) is 6.61 Å². The van der Waals surface area contributed by atoms with Gasteiger partial charge in [0.25, 0.3) is 0 Å². The number of esters is 1. The van der Waals surface area contributed by atoms with Crippen LogP contribution in [-0.4, -0.2) is 18.4 Å². The molecule has 0 saturated heterocycles. The molecule has 0 bridgehead atoms. The van der Waals surface area contributed by atoms with E-state index in [9.17, 15) is 9.59 Å². The number of hydrogen-bond acceptors (Lipinski definition) is 4. The molecule has 1 aromatic heterocycles. The second-order valence-electron chi connectivity index (χ2n) is 4.74. The van der Waals surface area contributed by atoms with Gasteiger partial charge in [-0.1, -0.05) is 23.7 Å². The fraction of sp³-hybridized carbons (Fsp3) is 0.176. The van der Waals surface area contributed by atoms with Crippen molar-refractivity contribution >= 4 is 40.8 Å². The Bertz CT molecular complexity index is 714. The molecular weight excluding hydrogens is 320 g/mol. The highest BCUT2D eigenvalue weighted by Crippen LogP contribution is 2.21. The molecule has 2 aromatic rings. The van der Waals surface area contributed by atoms with Crippen molar-refractivity contribution in [1.29, 1.82) is 0 Å². The number of benzene rings is 1. The Morgan fingerprint density at radius 2 is 1.91 bits per heavy atom. The summed E-state index contributed by atoms with van der Waals surface area (Å²) in [7, 11) is 0. The summed E-state index contributed by atoms with van der Waals surface area (Å²) in [6.07, 6.45) is 2.91. The Hall–Kier alpha value is -1.91. The first-order valence-corrected chi connectivity index (χ1v) is 7.86. The maximum absolute atomic E-state index is 12.0. The van der Waals surface area contributed by atoms with Gasteiger partial charge in [0.05, 0.1) is 0 Å². The fourth-order valence-corrected chi connectivity index (χ4v) is 2.98. The minimum atomic E-state index is -0.548.